The van der Waals surface area contributed by atoms with Crippen LogP contribution in [0, 0.1) is 10.1 Å². The van der Waals surface area contributed by atoms with Gasteiger partial charge in [-0.3, -0.25) is 20.2 Å². The second-order valence-electron chi connectivity index (χ2n) is 8.10. The second kappa shape index (κ2) is 9.43. The van der Waals surface area contributed by atoms with Gasteiger partial charge in [-0.05, 0) is 50.4 Å². The van der Waals surface area contributed by atoms with Crippen LogP contribution in [0.15, 0.2) is 54.6 Å². The summed E-state index contributed by atoms with van der Waals surface area (Å²) in [5.41, 5.74) is -0.413. The van der Waals surface area contributed by atoms with E-state index in [0.717, 1.165) is 5.39 Å². The normalized spacial score (nSPS) is 11.0. The van der Waals surface area contributed by atoms with Gasteiger partial charge in [0.15, 0.2) is 0 Å². The number of benzene rings is 3. The van der Waals surface area contributed by atoms with E-state index in [2.05, 4.69) is 10.6 Å². The molecule has 0 spiro atoms. The number of rotatable bonds is 7. The van der Waals surface area contributed by atoms with Crippen molar-refractivity contribution in [2.75, 3.05) is 17.2 Å². The summed E-state index contributed by atoms with van der Waals surface area (Å²) < 4.78 is 11.1. The van der Waals surface area contributed by atoms with Gasteiger partial charge in [0, 0.05) is 17.5 Å². The summed E-state index contributed by atoms with van der Waals surface area (Å²) in [7, 11) is 0. The molecule has 0 atom stereocenters. The third-order valence-corrected chi connectivity index (χ3v) is 4.34. The number of anilines is 2. The summed E-state index contributed by atoms with van der Waals surface area (Å²) in [6.45, 7) is 4.91. The van der Waals surface area contributed by atoms with E-state index in [9.17, 15) is 19.7 Å². The van der Waals surface area contributed by atoms with Crippen molar-refractivity contribution in [1.29, 1.82) is 0 Å². The standard InChI is InChI=1S/C23H23N3O7/c1-23(2,3)33-21(27)13-24-19-12-16(9-10-20(19)26(30)31)32-15-8-7-14-5-4-6-18(17(14)11-15)25-22(28)29/h4-12,24-25H,13H2,1-3H3,(H,28,29). The zero-order valence-electron chi connectivity index (χ0n) is 18.2. The molecule has 10 heteroatoms. The molecule has 3 aromatic rings. The van der Waals surface area contributed by atoms with E-state index in [4.69, 9.17) is 14.6 Å². The number of fused-ring (bicyclic) bond motifs is 1. The largest absolute Gasteiger partial charge is 0.465 e. The van der Waals surface area contributed by atoms with Crippen LogP contribution in [0.4, 0.5) is 21.9 Å². The maximum atomic E-state index is 12.0. The Morgan fingerprint density at radius 2 is 1.73 bits per heavy atom. The van der Waals surface area contributed by atoms with E-state index in [0.29, 0.717) is 16.8 Å². The monoisotopic (exact) mass is 453 g/mol. The number of nitrogens with one attached hydrogen (secondary N) is 2. The van der Waals surface area contributed by atoms with Crippen molar-refractivity contribution in [3.8, 4) is 11.5 Å². The highest BCUT2D eigenvalue weighted by Gasteiger charge is 2.19. The Kier molecular flexibility index (Phi) is 6.67. The second-order valence-corrected chi connectivity index (χ2v) is 8.10. The fourth-order valence-corrected chi connectivity index (χ4v) is 3.10. The third-order valence-electron chi connectivity index (χ3n) is 4.34. The summed E-state index contributed by atoms with van der Waals surface area (Å²) in [4.78, 5) is 33.9. The molecule has 3 rings (SSSR count). The molecule has 0 aromatic heterocycles. The van der Waals surface area contributed by atoms with Crippen LogP contribution in [0.5, 0.6) is 11.5 Å². The SMILES string of the molecule is CC(C)(C)OC(=O)CNc1cc(Oc2ccc3cccc(NC(=O)O)c3c2)ccc1[N+](=O)[O-]. The van der Waals surface area contributed by atoms with Crippen LogP contribution in [0.1, 0.15) is 20.8 Å². The topological polar surface area (TPSA) is 140 Å². The van der Waals surface area contributed by atoms with E-state index >= 15 is 0 Å². The van der Waals surface area contributed by atoms with Crippen LogP contribution in [0.3, 0.4) is 0 Å². The average Bonchev–Trinajstić information content (AvgIpc) is 2.71. The molecular weight excluding hydrogens is 430 g/mol. The molecule has 0 aliphatic rings. The Bertz CT molecular complexity index is 1220. The van der Waals surface area contributed by atoms with Gasteiger partial charge in [-0.15, -0.1) is 0 Å². The maximum Gasteiger partial charge on any atom is 0.409 e. The zero-order valence-corrected chi connectivity index (χ0v) is 18.2. The Morgan fingerprint density at radius 3 is 2.39 bits per heavy atom. The fourth-order valence-electron chi connectivity index (χ4n) is 3.10. The molecule has 3 N–H and O–H groups in total. The first-order valence-electron chi connectivity index (χ1n) is 9.96. The number of hydrogen-bond donors (Lipinski definition) is 3. The first kappa shape index (κ1) is 23.3. The number of esters is 1. The number of carboxylic acid groups (broad SMARTS) is 1. The fraction of sp³-hybridized carbons (Fsp3) is 0.217. The minimum atomic E-state index is -1.19. The highest BCUT2D eigenvalue weighted by atomic mass is 16.6. The maximum absolute atomic E-state index is 12.0. The van der Waals surface area contributed by atoms with Crippen molar-refractivity contribution >= 4 is 39.9 Å². The number of amides is 1. The van der Waals surface area contributed by atoms with E-state index in [1.807, 2.05) is 6.07 Å². The van der Waals surface area contributed by atoms with Crippen LogP contribution in [-0.2, 0) is 9.53 Å². The number of carbonyl (C=O) groups is 2. The number of hydrogen-bond acceptors (Lipinski definition) is 7. The number of carbonyl (C=O) groups excluding carboxylic acids is 1. The number of ether oxygens (including phenoxy) is 2. The molecule has 0 unspecified atom stereocenters. The van der Waals surface area contributed by atoms with Crippen molar-refractivity contribution < 1.29 is 29.1 Å². The van der Waals surface area contributed by atoms with Gasteiger partial charge in [0.1, 0.15) is 29.3 Å². The quantitative estimate of drug-likeness (QED) is 0.246. The van der Waals surface area contributed by atoms with Gasteiger partial charge in [0.05, 0.1) is 10.6 Å². The van der Waals surface area contributed by atoms with E-state index in [-0.39, 0.29) is 23.7 Å². The molecule has 33 heavy (non-hydrogen) atoms. The van der Waals surface area contributed by atoms with Gasteiger partial charge in [0.25, 0.3) is 5.69 Å². The number of nitrogens with zero attached hydrogens (tertiary/aromatic N) is 1. The van der Waals surface area contributed by atoms with Crippen molar-refractivity contribution in [2.24, 2.45) is 0 Å². The van der Waals surface area contributed by atoms with Crippen molar-refractivity contribution in [3.63, 3.8) is 0 Å². The van der Waals surface area contributed by atoms with Crippen molar-refractivity contribution in [2.45, 2.75) is 26.4 Å². The molecule has 0 bridgehead atoms. The third kappa shape index (κ3) is 6.33. The van der Waals surface area contributed by atoms with Crippen LogP contribution >= 0.6 is 0 Å². The van der Waals surface area contributed by atoms with Gasteiger partial charge < -0.3 is 19.9 Å². The molecule has 172 valence electrons. The average molecular weight is 453 g/mol. The Labute approximate surface area is 189 Å². The lowest BCUT2D eigenvalue weighted by Crippen LogP contribution is -2.28. The molecular formula is C23H23N3O7. The summed E-state index contributed by atoms with van der Waals surface area (Å²) in [5, 5.41) is 26.9. The van der Waals surface area contributed by atoms with Crippen molar-refractivity contribution in [1.82, 2.24) is 0 Å². The number of nitro groups is 1. The van der Waals surface area contributed by atoms with Crippen LogP contribution in [-0.4, -0.2) is 34.2 Å². The lowest BCUT2D eigenvalue weighted by Gasteiger charge is -2.19. The zero-order chi connectivity index (χ0) is 24.2. The minimum Gasteiger partial charge on any atom is -0.465 e. The molecule has 0 aliphatic heterocycles. The van der Waals surface area contributed by atoms with Crippen LogP contribution in [0.2, 0.25) is 0 Å². The summed E-state index contributed by atoms with van der Waals surface area (Å²) >= 11 is 0. The summed E-state index contributed by atoms with van der Waals surface area (Å²) in [6, 6.07) is 14.4. The van der Waals surface area contributed by atoms with Gasteiger partial charge >= 0.3 is 12.1 Å². The van der Waals surface area contributed by atoms with Gasteiger partial charge in [-0.25, -0.2) is 4.79 Å². The molecule has 10 nitrogen and oxygen atoms in total. The van der Waals surface area contributed by atoms with Crippen LogP contribution < -0.4 is 15.4 Å². The number of nitro benzene ring substituents is 1. The molecule has 0 saturated heterocycles. The van der Waals surface area contributed by atoms with Gasteiger partial charge in [0.2, 0.25) is 0 Å². The van der Waals surface area contributed by atoms with Crippen LogP contribution in [0.25, 0.3) is 10.8 Å². The molecule has 0 aliphatic carbocycles. The summed E-state index contributed by atoms with van der Waals surface area (Å²) in [5.74, 6) is 0.125. The highest BCUT2D eigenvalue weighted by Crippen LogP contribution is 2.34. The highest BCUT2D eigenvalue weighted by molar-refractivity contribution is 6.00. The molecule has 0 saturated carbocycles. The smallest absolute Gasteiger partial charge is 0.409 e. The first-order chi connectivity index (χ1) is 15.5. The molecule has 0 fully saturated rings. The molecule has 0 radical (unpaired) electrons. The van der Waals surface area contributed by atoms with Crippen molar-refractivity contribution in [3.05, 3.63) is 64.7 Å². The first-order valence-corrected chi connectivity index (χ1v) is 9.96. The van der Waals surface area contributed by atoms with Gasteiger partial charge in [-0.1, -0.05) is 18.2 Å². The predicted octanol–water partition coefficient (Wildman–Crippen LogP) is 5.38. The molecule has 3 aromatic carbocycles. The van der Waals surface area contributed by atoms with E-state index < -0.39 is 22.6 Å². The molecule has 1 amide bonds. The summed E-state index contributed by atoms with van der Waals surface area (Å²) in [6.07, 6.45) is -1.19. The molecule has 0 heterocycles. The van der Waals surface area contributed by atoms with E-state index in [1.165, 1.54) is 18.2 Å². The lowest BCUT2D eigenvalue weighted by atomic mass is 10.1. The lowest BCUT2D eigenvalue weighted by molar-refractivity contribution is -0.384. The van der Waals surface area contributed by atoms with E-state index in [1.54, 1.807) is 51.1 Å². The minimum absolute atomic E-state index is 0.0948. The Balaban J connectivity index is 1.85. The predicted molar refractivity (Wildman–Crippen MR) is 123 cm³/mol. The Hall–Kier alpha value is -4.34. The van der Waals surface area contributed by atoms with Gasteiger partial charge in [-0.2, -0.15) is 0 Å². The Morgan fingerprint density at radius 1 is 1.03 bits per heavy atom.